The van der Waals surface area contributed by atoms with Gasteiger partial charge in [0, 0.05) is 36.6 Å². The molecule has 1 fully saturated rings. The number of nitrogens with zero attached hydrogens (tertiary/aromatic N) is 3. The molecule has 7 heteroatoms. The first-order chi connectivity index (χ1) is 13.1. The summed E-state index contributed by atoms with van der Waals surface area (Å²) in [5.74, 6) is 1.03. The number of likely N-dealkylation sites (tertiary alicyclic amines) is 1. The second kappa shape index (κ2) is 7.19. The van der Waals surface area contributed by atoms with E-state index in [4.69, 9.17) is 9.26 Å². The van der Waals surface area contributed by atoms with Crippen LogP contribution in [0.1, 0.15) is 23.7 Å². The second-order valence-corrected chi connectivity index (χ2v) is 6.46. The fourth-order valence-corrected chi connectivity index (χ4v) is 3.20. The van der Waals surface area contributed by atoms with Crippen LogP contribution in [0.25, 0.3) is 11.5 Å². The van der Waals surface area contributed by atoms with E-state index in [0.717, 1.165) is 5.56 Å². The molecule has 1 aromatic heterocycles. The van der Waals surface area contributed by atoms with Crippen molar-refractivity contribution in [1.82, 2.24) is 15.0 Å². The van der Waals surface area contributed by atoms with Gasteiger partial charge < -0.3 is 14.2 Å². The van der Waals surface area contributed by atoms with E-state index >= 15 is 0 Å². The van der Waals surface area contributed by atoms with Gasteiger partial charge >= 0.3 is 0 Å². The lowest BCUT2D eigenvalue weighted by Gasteiger charge is -2.16. The third-order valence-electron chi connectivity index (χ3n) is 4.66. The summed E-state index contributed by atoms with van der Waals surface area (Å²) in [6, 6.07) is 13.8. The molecule has 0 saturated carbocycles. The Morgan fingerprint density at radius 1 is 1.26 bits per heavy atom. The predicted octanol–water partition coefficient (Wildman–Crippen LogP) is 3.40. The molecule has 1 unspecified atom stereocenters. The zero-order chi connectivity index (χ0) is 18.8. The number of rotatable bonds is 5. The minimum atomic E-state index is -0.311. The molecule has 0 aliphatic carbocycles. The van der Waals surface area contributed by atoms with E-state index in [9.17, 15) is 9.18 Å². The van der Waals surface area contributed by atoms with E-state index in [0.29, 0.717) is 29.6 Å². The molecule has 0 spiro atoms. The number of benzene rings is 2. The van der Waals surface area contributed by atoms with Crippen molar-refractivity contribution in [3.63, 3.8) is 0 Å². The van der Waals surface area contributed by atoms with Gasteiger partial charge in [-0.25, -0.2) is 4.39 Å². The lowest BCUT2D eigenvalue weighted by Crippen LogP contribution is -2.25. The Balaban J connectivity index is 1.49. The molecule has 1 aliphatic heterocycles. The zero-order valence-electron chi connectivity index (χ0n) is 14.8. The van der Waals surface area contributed by atoms with Gasteiger partial charge in [-0.1, -0.05) is 29.4 Å². The van der Waals surface area contributed by atoms with Gasteiger partial charge in [-0.2, -0.15) is 4.98 Å². The molecule has 1 atom stereocenters. The largest absolute Gasteiger partial charge is 0.497 e. The molecule has 1 amide bonds. The summed E-state index contributed by atoms with van der Waals surface area (Å²) in [4.78, 5) is 18.4. The highest BCUT2D eigenvalue weighted by Crippen LogP contribution is 2.30. The minimum absolute atomic E-state index is 0.0454. The maximum atomic E-state index is 13.9. The van der Waals surface area contributed by atoms with Crippen LogP contribution in [-0.2, 0) is 11.3 Å². The SMILES string of the molecule is COc1cccc(-c2nc(C3CC(=O)N(Cc4ccccc4F)C3)no2)c1. The van der Waals surface area contributed by atoms with Crippen LogP contribution >= 0.6 is 0 Å². The van der Waals surface area contributed by atoms with Gasteiger partial charge in [0.15, 0.2) is 5.82 Å². The monoisotopic (exact) mass is 367 g/mol. The normalized spacial score (nSPS) is 16.7. The van der Waals surface area contributed by atoms with Crippen LogP contribution in [0.2, 0.25) is 0 Å². The molecule has 27 heavy (non-hydrogen) atoms. The Morgan fingerprint density at radius 2 is 2.11 bits per heavy atom. The number of ether oxygens (including phenoxy) is 1. The van der Waals surface area contributed by atoms with Gasteiger partial charge in [0.2, 0.25) is 5.91 Å². The highest BCUT2D eigenvalue weighted by molar-refractivity contribution is 5.79. The summed E-state index contributed by atoms with van der Waals surface area (Å²) in [7, 11) is 1.59. The van der Waals surface area contributed by atoms with Gasteiger partial charge in [-0.3, -0.25) is 4.79 Å². The summed E-state index contributed by atoms with van der Waals surface area (Å²) >= 11 is 0. The quantitative estimate of drug-likeness (QED) is 0.691. The highest BCUT2D eigenvalue weighted by Gasteiger charge is 2.34. The first-order valence-electron chi connectivity index (χ1n) is 8.63. The van der Waals surface area contributed by atoms with Crippen molar-refractivity contribution < 1.29 is 18.4 Å². The Labute approximate surface area is 155 Å². The summed E-state index contributed by atoms with van der Waals surface area (Å²) < 4.78 is 24.4. The van der Waals surface area contributed by atoms with Crippen LogP contribution in [-0.4, -0.2) is 34.6 Å². The van der Waals surface area contributed by atoms with Gasteiger partial charge in [-0.05, 0) is 24.3 Å². The first kappa shape index (κ1) is 17.2. The molecule has 6 nitrogen and oxygen atoms in total. The molecule has 1 aliphatic rings. The Hall–Kier alpha value is -3.22. The van der Waals surface area contributed by atoms with Crippen LogP contribution in [0.15, 0.2) is 53.1 Å². The summed E-state index contributed by atoms with van der Waals surface area (Å²) in [6.45, 7) is 0.673. The first-order valence-corrected chi connectivity index (χ1v) is 8.63. The fourth-order valence-electron chi connectivity index (χ4n) is 3.20. The van der Waals surface area contributed by atoms with E-state index in [1.165, 1.54) is 6.07 Å². The number of halogens is 1. The Bertz CT molecular complexity index is 972. The lowest BCUT2D eigenvalue weighted by molar-refractivity contribution is -0.128. The summed E-state index contributed by atoms with van der Waals surface area (Å²) in [5, 5.41) is 4.04. The van der Waals surface area contributed by atoms with E-state index in [2.05, 4.69) is 10.1 Å². The molecule has 2 heterocycles. The van der Waals surface area contributed by atoms with Crippen LogP contribution in [0, 0.1) is 5.82 Å². The molecule has 3 aromatic rings. The van der Waals surface area contributed by atoms with Crippen LogP contribution in [0.3, 0.4) is 0 Å². The Morgan fingerprint density at radius 3 is 2.93 bits per heavy atom. The van der Waals surface area contributed by atoms with E-state index in [1.54, 1.807) is 30.2 Å². The molecule has 0 N–H and O–H groups in total. The third kappa shape index (κ3) is 3.53. The second-order valence-electron chi connectivity index (χ2n) is 6.46. The number of methoxy groups -OCH3 is 1. The number of hydrogen-bond donors (Lipinski definition) is 0. The molecule has 138 valence electrons. The standard InChI is InChI=1S/C20H18FN3O3/c1-26-16-7-4-6-13(9-16)20-22-19(23-27-20)15-10-18(25)24(12-15)11-14-5-2-3-8-17(14)21/h2-9,15H,10-12H2,1H3. The average molecular weight is 367 g/mol. The minimum Gasteiger partial charge on any atom is -0.497 e. The maximum absolute atomic E-state index is 13.9. The molecular weight excluding hydrogens is 349 g/mol. The highest BCUT2D eigenvalue weighted by atomic mass is 19.1. The van der Waals surface area contributed by atoms with Crippen molar-refractivity contribution in [3.05, 3.63) is 65.7 Å². The van der Waals surface area contributed by atoms with Crippen molar-refractivity contribution >= 4 is 5.91 Å². The van der Waals surface area contributed by atoms with E-state index < -0.39 is 0 Å². The molecule has 4 rings (SSSR count). The van der Waals surface area contributed by atoms with Gasteiger partial charge in [0.25, 0.3) is 5.89 Å². The number of hydrogen-bond acceptors (Lipinski definition) is 5. The third-order valence-corrected chi connectivity index (χ3v) is 4.66. The van der Waals surface area contributed by atoms with Crippen molar-refractivity contribution in [3.8, 4) is 17.2 Å². The smallest absolute Gasteiger partial charge is 0.258 e. The fraction of sp³-hybridized carbons (Fsp3) is 0.250. The number of amides is 1. The maximum Gasteiger partial charge on any atom is 0.258 e. The van der Waals surface area contributed by atoms with Crippen LogP contribution < -0.4 is 4.74 Å². The van der Waals surface area contributed by atoms with Gasteiger partial charge in [0.05, 0.1) is 7.11 Å². The summed E-state index contributed by atoms with van der Waals surface area (Å²) in [5.41, 5.74) is 1.25. The number of carbonyl (C=O) groups is 1. The Kier molecular flexibility index (Phi) is 4.58. The van der Waals surface area contributed by atoms with Crippen molar-refractivity contribution in [2.75, 3.05) is 13.7 Å². The molecule has 1 saturated heterocycles. The van der Waals surface area contributed by atoms with Crippen molar-refractivity contribution in [2.45, 2.75) is 18.9 Å². The van der Waals surface area contributed by atoms with Gasteiger partial charge in [0.1, 0.15) is 11.6 Å². The lowest BCUT2D eigenvalue weighted by atomic mass is 10.1. The van der Waals surface area contributed by atoms with Crippen LogP contribution in [0.4, 0.5) is 4.39 Å². The topological polar surface area (TPSA) is 68.5 Å². The summed E-state index contributed by atoms with van der Waals surface area (Å²) in [6.07, 6.45) is 0.283. The molecule has 0 bridgehead atoms. The van der Waals surface area contributed by atoms with Gasteiger partial charge in [-0.15, -0.1) is 0 Å². The molecule has 2 aromatic carbocycles. The average Bonchev–Trinajstić information content (AvgIpc) is 3.31. The van der Waals surface area contributed by atoms with E-state index in [-0.39, 0.29) is 30.6 Å². The zero-order valence-corrected chi connectivity index (χ0v) is 14.8. The number of aromatic nitrogens is 2. The van der Waals surface area contributed by atoms with Crippen LogP contribution in [0.5, 0.6) is 5.75 Å². The molecular formula is C20H18FN3O3. The molecule has 0 radical (unpaired) electrons. The van der Waals surface area contributed by atoms with Crippen molar-refractivity contribution in [1.29, 1.82) is 0 Å². The van der Waals surface area contributed by atoms with Crippen molar-refractivity contribution in [2.24, 2.45) is 0 Å². The van der Waals surface area contributed by atoms with E-state index in [1.807, 2.05) is 24.3 Å². The number of carbonyl (C=O) groups excluding carboxylic acids is 1. The predicted molar refractivity (Wildman–Crippen MR) is 95.5 cm³/mol.